The Kier molecular flexibility index (Phi) is 4.91. The van der Waals surface area contributed by atoms with Crippen LogP contribution in [0.2, 0.25) is 0 Å². The summed E-state index contributed by atoms with van der Waals surface area (Å²) >= 11 is 0. The number of hydrogen-bond donors (Lipinski definition) is 3. The van der Waals surface area contributed by atoms with Gasteiger partial charge in [0.05, 0.1) is 0 Å². The zero-order chi connectivity index (χ0) is 14.8. The number of rotatable bonds is 5. The number of nitrogens with two attached hydrogens (primary N) is 1. The van der Waals surface area contributed by atoms with Crippen LogP contribution in [0.15, 0.2) is 0 Å². The number of carbonyl (C=O) groups excluding carboxylic acids is 1. The van der Waals surface area contributed by atoms with Crippen molar-refractivity contribution >= 4 is 6.09 Å². The largest absolute Gasteiger partial charge is 0.444 e. The van der Waals surface area contributed by atoms with Crippen LogP contribution in [-0.2, 0) is 4.74 Å². The predicted molar refractivity (Wildman–Crippen MR) is 79.5 cm³/mol. The maximum Gasteiger partial charge on any atom is 0.407 e. The fourth-order valence-electron chi connectivity index (χ4n) is 2.84. The Bertz CT molecular complexity index is 337. The van der Waals surface area contributed by atoms with Crippen molar-refractivity contribution in [3.8, 4) is 0 Å². The fourth-order valence-corrected chi connectivity index (χ4v) is 2.84. The molecule has 3 atom stereocenters. The average molecular weight is 283 g/mol. The van der Waals surface area contributed by atoms with Gasteiger partial charge in [0.25, 0.3) is 0 Å². The first-order valence-electron chi connectivity index (χ1n) is 7.82. The highest BCUT2D eigenvalue weighted by Crippen LogP contribution is 2.33. The highest BCUT2D eigenvalue weighted by molar-refractivity contribution is 5.67. The third-order valence-corrected chi connectivity index (χ3v) is 3.98. The van der Waals surface area contributed by atoms with Gasteiger partial charge < -0.3 is 21.1 Å². The summed E-state index contributed by atoms with van der Waals surface area (Å²) in [6.07, 6.45) is 5.49. The minimum Gasteiger partial charge on any atom is -0.444 e. The van der Waals surface area contributed by atoms with E-state index in [1.807, 2.05) is 20.8 Å². The molecule has 4 N–H and O–H groups in total. The first kappa shape index (κ1) is 15.6. The molecule has 5 nitrogen and oxygen atoms in total. The van der Waals surface area contributed by atoms with Crippen molar-refractivity contribution in [2.75, 3.05) is 6.54 Å². The van der Waals surface area contributed by atoms with Gasteiger partial charge in [0.15, 0.2) is 0 Å². The Morgan fingerprint density at radius 2 is 2.00 bits per heavy atom. The quantitative estimate of drug-likeness (QED) is 0.718. The molecular formula is C15H29N3O2. The van der Waals surface area contributed by atoms with Crippen LogP contribution >= 0.6 is 0 Å². The summed E-state index contributed by atoms with van der Waals surface area (Å²) in [6, 6.07) is 1.21. The average Bonchev–Trinajstić information content (AvgIpc) is 3.07. The molecule has 1 amide bonds. The molecule has 0 radical (unpaired) electrons. The molecule has 0 heterocycles. The first-order valence-corrected chi connectivity index (χ1v) is 7.82. The van der Waals surface area contributed by atoms with Gasteiger partial charge in [-0.15, -0.1) is 0 Å². The first-order chi connectivity index (χ1) is 9.33. The summed E-state index contributed by atoms with van der Waals surface area (Å²) in [6.45, 7) is 6.28. The third-order valence-electron chi connectivity index (χ3n) is 3.98. The lowest BCUT2D eigenvalue weighted by atomic mass is 10.1. The molecule has 0 aromatic rings. The monoisotopic (exact) mass is 283 g/mol. The van der Waals surface area contributed by atoms with E-state index in [-0.39, 0.29) is 6.09 Å². The van der Waals surface area contributed by atoms with Crippen LogP contribution in [-0.4, -0.2) is 36.4 Å². The molecule has 2 aliphatic rings. The van der Waals surface area contributed by atoms with Gasteiger partial charge in [0.1, 0.15) is 5.60 Å². The van der Waals surface area contributed by atoms with Crippen molar-refractivity contribution in [1.82, 2.24) is 10.6 Å². The third kappa shape index (κ3) is 5.29. The van der Waals surface area contributed by atoms with Gasteiger partial charge in [-0.3, -0.25) is 0 Å². The number of ether oxygens (including phenoxy) is 1. The van der Waals surface area contributed by atoms with Gasteiger partial charge in [0.2, 0.25) is 0 Å². The molecule has 2 saturated carbocycles. The molecule has 2 fully saturated rings. The van der Waals surface area contributed by atoms with Crippen LogP contribution in [0.25, 0.3) is 0 Å². The lowest BCUT2D eigenvalue weighted by molar-refractivity contribution is 0.0520. The summed E-state index contributed by atoms with van der Waals surface area (Å²) in [5.41, 5.74) is 5.51. The molecule has 0 saturated heterocycles. The Hall–Kier alpha value is -0.810. The van der Waals surface area contributed by atoms with Crippen LogP contribution in [0, 0.1) is 5.92 Å². The number of alkyl carbamates (subject to hydrolysis) is 1. The number of amides is 1. The van der Waals surface area contributed by atoms with E-state index < -0.39 is 5.60 Å². The highest BCUT2D eigenvalue weighted by atomic mass is 16.6. The number of carbonyl (C=O) groups is 1. The predicted octanol–water partition coefficient (Wildman–Crippen LogP) is 1.76. The topological polar surface area (TPSA) is 76.4 Å². The highest BCUT2D eigenvalue weighted by Gasteiger charge is 2.34. The van der Waals surface area contributed by atoms with Gasteiger partial charge in [-0.25, -0.2) is 4.79 Å². The smallest absolute Gasteiger partial charge is 0.407 e. The number of nitrogens with one attached hydrogen (secondary N) is 2. The minimum absolute atomic E-state index is 0.326. The molecule has 3 unspecified atom stereocenters. The molecule has 20 heavy (non-hydrogen) atoms. The van der Waals surface area contributed by atoms with Crippen molar-refractivity contribution in [2.24, 2.45) is 11.7 Å². The van der Waals surface area contributed by atoms with E-state index in [9.17, 15) is 4.79 Å². The van der Waals surface area contributed by atoms with Crippen molar-refractivity contribution in [3.05, 3.63) is 0 Å². The van der Waals surface area contributed by atoms with Crippen molar-refractivity contribution in [2.45, 2.75) is 76.6 Å². The standard InChI is InChI=1S/C15H29N3O2/c1-15(2,3)20-14(19)17-9-13(10-4-5-10)18-12-7-6-11(16)8-12/h10-13,18H,4-9,16H2,1-3H3,(H,17,19). The second-order valence-electron chi connectivity index (χ2n) is 7.26. The molecule has 116 valence electrons. The second kappa shape index (κ2) is 6.31. The molecule has 2 aliphatic carbocycles. The molecule has 0 aromatic heterocycles. The fraction of sp³-hybridized carbons (Fsp3) is 0.933. The van der Waals surface area contributed by atoms with E-state index in [1.165, 1.54) is 12.8 Å². The van der Waals surface area contributed by atoms with E-state index >= 15 is 0 Å². The lowest BCUT2D eigenvalue weighted by Gasteiger charge is -2.25. The van der Waals surface area contributed by atoms with Crippen LogP contribution in [0.5, 0.6) is 0 Å². The van der Waals surface area contributed by atoms with E-state index in [4.69, 9.17) is 10.5 Å². The molecule has 2 rings (SSSR count). The summed E-state index contributed by atoms with van der Waals surface area (Å²) in [4.78, 5) is 11.7. The molecular weight excluding hydrogens is 254 g/mol. The van der Waals surface area contributed by atoms with Crippen LogP contribution < -0.4 is 16.4 Å². The summed E-state index contributed by atoms with van der Waals surface area (Å²) in [5, 5.41) is 6.57. The van der Waals surface area contributed by atoms with Crippen LogP contribution in [0.4, 0.5) is 4.79 Å². The SMILES string of the molecule is CC(C)(C)OC(=O)NCC(NC1CCC(N)C1)C1CC1. The lowest BCUT2D eigenvalue weighted by Crippen LogP contribution is -2.47. The van der Waals surface area contributed by atoms with Gasteiger partial charge in [0, 0.05) is 24.7 Å². The Balaban J connectivity index is 1.74. The van der Waals surface area contributed by atoms with Crippen LogP contribution in [0.3, 0.4) is 0 Å². The van der Waals surface area contributed by atoms with E-state index in [0.29, 0.717) is 30.6 Å². The van der Waals surface area contributed by atoms with E-state index in [0.717, 1.165) is 19.3 Å². The Labute approximate surface area is 122 Å². The van der Waals surface area contributed by atoms with Crippen molar-refractivity contribution in [1.29, 1.82) is 0 Å². The zero-order valence-corrected chi connectivity index (χ0v) is 12.9. The summed E-state index contributed by atoms with van der Waals surface area (Å²) < 4.78 is 5.28. The summed E-state index contributed by atoms with van der Waals surface area (Å²) in [7, 11) is 0. The van der Waals surface area contributed by atoms with Crippen molar-refractivity contribution in [3.63, 3.8) is 0 Å². The zero-order valence-electron chi connectivity index (χ0n) is 12.9. The van der Waals surface area contributed by atoms with Gasteiger partial charge >= 0.3 is 6.09 Å². The van der Waals surface area contributed by atoms with E-state index in [1.54, 1.807) is 0 Å². The van der Waals surface area contributed by atoms with Gasteiger partial charge in [-0.2, -0.15) is 0 Å². The molecule has 0 bridgehead atoms. The summed E-state index contributed by atoms with van der Waals surface area (Å²) in [5.74, 6) is 0.696. The Morgan fingerprint density at radius 1 is 1.30 bits per heavy atom. The minimum atomic E-state index is -0.440. The second-order valence-corrected chi connectivity index (χ2v) is 7.26. The molecule has 0 aliphatic heterocycles. The van der Waals surface area contributed by atoms with E-state index in [2.05, 4.69) is 10.6 Å². The van der Waals surface area contributed by atoms with Crippen LogP contribution in [0.1, 0.15) is 52.9 Å². The maximum absolute atomic E-state index is 11.7. The van der Waals surface area contributed by atoms with Gasteiger partial charge in [-0.05, 0) is 58.8 Å². The molecule has 0 aromatic carbocycles. The normalized spacial score (nSPS) is 28.2. The van der Waals surface area contributed by atoms with Crippen molar-refractivity contribution < 1.29 is 9.53 Å². The maximum atomic E-state index is 11.7. The van der Waals surface area contributed by atoms with Gasteiger partial charge in [-0.1, -0.05) is 0 Å². The molecule has 5 heteroatoms. The number of hydrogen-bond acceptors (Lipinski definition) is 4. The Morgan fingerprint density at radius 3 is 2.50 bits per heavy atom. The molecule has 0 spiro atoms.